The molecule has 0 spiro atoms. The minimum atomic E-state index is -0.0532. The summed E-state index contributed by atoms with van der Waals surface area (Å²) in [7, 11) is 0. The smallest absolute Gasteiger partial charge is 0.215 e. The van der Waals surface area contributed by atoms with E-state index < -0.39 is 0 Å². The molecule has 0 bridgehead atoms. The van der Waals surface area contributed by atoms with Gasteiger partial charge in [-0.15, -0.1) is 0 Å². The van der Waals surface area contributed by atoms with Crippen molar-refractivity contribution in [3.05, 3.63) is 18.2 Å². The zero-order valence-electron chi connectivity index (χ0n) is 11.7. The van der Waals surface area contributed by atoms with Crippen molar-refractivity contribution in [2.24, 2.45) is 16.8 Å². The van der Waals surface area contributed by atoms with Gasteiger partial charge in [0.15, 0.2) is 0 Å². The Morgan fingerprint density at radius 2 is 2.26 bits per heavy atom. The molecule has 106 valence electrons. The molecular formula is C13H22N4O2. The topological polar surface area (TPSA) is 84.0 Å². The molecule has 0 fully saturated rings. The van der Waals surface area contributed by atoms with Crippen molar-refractivity contribution in [3.8, 4) is 5.88 Å². The van der Waals surface area contributed by atoms with E-state index in [0.29, 0.717) is 19.0 Å². The van der Waals surface area contributed by atoms with Gasteiger partial charge < -0.3 is 20.6 Å². The first-order valence-corrected chi connectivity index (χ1v) is 6.44. The molecule has 1 aromatic rings. The molecule has 0 radical (unpaired) electrons. The second-order valence-electron chi connectivity index (χ2n) is 4.23. The van der Waals surface area contributed by atoms with Gasteiger partial charge in [0.05, 0.1) is 6.61 Å². The quantitative estimate of drug-likeness (QED) is 0.339. The molecule has 1 aromatic heterocycles. The number of pyridine rings is 1. The van der Waals surface area contributed by atoms with Gasteiger partial charge in [0.1, 0.15) is 11.7 Å². The number of ether oxygens (including phenoxy) is 1. The normalized spacial score (nSPS) is 13.1. The molecule has 0 amide bonds. The average molecular weight is 266 g/mol. The van der Waals surface area contributed by atoms with Crippen molar-refractivity contribution in [1.29, 1.82) is 0 Å². The van der Waals surface area contributed by atoms with E-state index in [1.807, 2.05) is 39.0 Å². The molecule has 0 aliphatic rings. The second-order valence-corrected chi connectivity index (χ2v) is 4.23. The first-order valence-electron chi connectivity index (χ1n) is 6.44. The lowest BCUT2D eigenvalue weighted by Gasteiger charge is -2.25. The summed E-state index contributed by atoms with van der Waals surface area (Å²) in [6.07, 6.45) is 0. The van der Waals surface area contributed by atoms with Crippen LogP contribution in [0.2, 0.25) is 0 Å². The summed E-state index contributed by atoms with van der Waals surface area (Å²) in [5.41, 5.74) is 5.60. The predicted molar refractivity (Wildman–Crippen MR) is 75.9 cm³/mol. The lowest BCUT2D eigenvalue weighted by Crippen LogP contribution is -2.35. The van der Waals surface area contributed by atoms with Crippen LogP contribution in [0.5, 0.6) is 5.88 Å². The Morgan fingerprint density at radius 1 is 1.53 bits per heavy atom. The van der Waals surface area contributed by atoms with Gasteiger partial charge in [-0.3, -0.25) is 0 Å². The number of nitrogens with two attached hydrogens (primary N) is 1. The maximum absolute atomic E-state index is 8.68. The third-order valence-electron chi connectivity index (χ3n) is 2.82. The number of aromatic nitrogens is 1. The van der Waals surface area contributed by atoms with Gasteiger partial charge in [0.2, 0.25) is 5.88 Å². The van der Waals surface area contributed by atoms with Crippen molar-refractivity contribution in [3.63, 3.8) is 0 Å². The Labute approximate surface area is 113 Å². The van der Waals surface area contributed by atoms with Gasteiger partial charge in [0.25, 0.3) is 0 Å². The van der Waals surface area contributed by atoms with Gasteiger partial charge >= 0.3 is 0 Å². The van der Waals surface area contributed by atoms with Crippen LogP contribution in [-0.4, -0.2) is 35.7 Å². The summed E-state index contributed by atoms with van der Waals surface area (Å²) in [5, 5.41) is 11.7. The van der Waals surface area contributed by atoms with Gasteiger partial charge in [-0.2, -0.15) is 4.98 Å². The van der Waals surface area contributed by atoms with E-state index in [0.717, 1.165) is 12.4 Å². The highest BCUT2D eigenvalue weighted by Gasteiger charge is 2.14. The van der Waals surface area contributed by atoms with E-state index >= 15 is 0 Å². The zero-order valence-corrected chi connectivity index (χ0v) is 11.7. The van der Waals surface area contributed by atoms with E-state index in [1.54, 1.807) is 0 Å². The van der Waals surface area contributed by atoms with Crippen LogP contribution in [0, 0.1) is 5.92 Å². The molecule has 0 aliphatic heterocycles. The molecule has 6 nitrogen and oxygen atoms in total. The Morgan fingerprint density at radius 3 is 2.84 bits per heavy atom. The Bertz CT molecular complexity index is 423. The molecule has 1 heterocycles. The number of anilines is 1. The molecule has 0 aromatic carbocycles. The number of hydrogen-bond acceptors (Lipinski definition) is 5. The molecule has 19 heavy (non-hydrogen) atoms. The number of rotatable bonds is 7. The molecule has 3 N–H and O–H groups in total. The Hall–Kier alpha value is -1.98. The van der Waals surface area contributed by atoms with Crippen molar-refractivity contribution >= 4 is 11.7 Å². The maximum atomic E-state index is 8.68. The largest absolute Gasteiger partial charge is 0.478 e. The summed E-state index contributed by atoms with van der Waals surface area (Å²) in [4.78, 5) is 6.49. The molecule has 0 saturated heterocycles. The SMILES string of the molecule is CCOc1cccc(N(CC)CC(C)C(N)=NO)n1. The molecule has 1 atom stereocenters. The molecule has 0 saturated carbocycles. The first-order chi connectivity index (χ1) is 9.12. The van der Waals surface area contributed by atoms with Gasteiger partial charge in [-0.25, -0.2) is 0 Å². The average Bonchev–Trinajstić information content (AvgIpc) is 2.44. The number of hydrogen-bond donors (Lipinski definition) is 2. The van der Waals surface area contributed by atoms with Crippen LogP contribution in [0.25, 0.3) is 0 Å². The maximum Gasteiger partial charge on any atom is 0.215 e. The van der Waals surface area contributed by atoms with Crippen LogP contribution >= 0.6 is 0 Å². The highest BCUT2D eigenvalue weighted by Crippen LogP contribution is 2.17. The first kappa shape index (κ1) is 15.1. The van der Waals surface area contributed by atoms with Crippen LogP contribution < -0.4 is 15.4 Å². The van der Waals surface area contributed by atoms with Gasteiger partial charge in [-0.05, 0) is 19.9 Å². The summed E-state index contributed by atoms with van der Waals surface area (Å²) in [6.45, 7) is 7.87. The van der Waals surface area contributed by atoms with Crippen molar-refractivity contribution < 1.29 is 9.94 Å². The van der Waals surface area contributed by atoms with Crippen LogP contribution in [0.1, 0.15) is 20.8 Å². The number of oxime groups is 1. The minimum Gasteiger partial charge on any atom is -0.478 e. The van der Waals surface area contributed by atoms with Crippen LogP contribution in [0.4, 0.5) is 5.82 Å². The van der Waals surface area contributed by atoms with Crippen LogP contribution in [0.3, 0.4) is 0 Å². The summed E-state index contributed by atoms with van der Waals surface area (Å²) < 4.78 is 5.39. The van der Waals surface area contributed by atoms with E-state index in [1.165, 1.54) is 0 Å². The van der Waals surface area contributed by atoms with E-state index in [-0.39, 0.29) is 11.8 Å². The molecule has 0 aliphatic carbocycles. The lowest BCUT2D eigenvalue weighted by atomic mass is 10.1. The monoisotopic (exact) mass is 266 g/mol. The van der Waals surface area contributed by atoms with Gasteiger partial charge in [-0.1, -0.05) is 18.1 Å². The van der Waals surface area contributed by atoms with Crippen molar-refractivity contribution in [2.75, 3.05) is 24.6 Å². The number of nitrogens with zero attached hydrogens (tertiary/aromatic N) is 3. The third kappa shape index (κ3) is 4.31. The zero-order chi connectivity index (χ0) is 14.3. The van der Waals surface area contributed by atoms with Gasteiger partial charge in [0, 0.05) is 25.1 Å². The Kier molecular flexibility index (Phi) is 5.92. The highest BCUT2D eigenvalue weighted by atomic mass is 16.5. The van der Waals surface area contributed by atoms with E-state index in [2.05, 4.69) is 15.0 Å². The van der Waals surface area contributed by atoms with Crippen molar-refractivity contribution in [2.45, 2.75) is 20.8 Å². The standard InChI is InChI=1S/C13H22N4O2/c1-4-17(9-10(3)13(14)16-18)11-7-6-8-12(15-11)19-5-2/h6-8,10,18H,4-5,9H2,1-3H3,(H2,14,16). The van der Waals surface area contributed by atoms with E-state index in [9.17, 15) is 0 Å². The highest BCUT2D eigenvalue weighted by molar-refractivity contribution is 5.82. The van der Waals surface area contributed by atoms with Crippen LogP contribution in [-0.2, 0) is 0 Å². The summed E-state index contributed by atoms with van der Waals surface area (Å²) in [6, 6.07) is 5.66. The Balaban J connectivity index is 2.82. The fourth-order valence-corrected chi connectivity index (χ4v) is 1.72. The predicted octanol–water partition coefficient (Wildman–Crippen LogP) is 1.69. The molecule has 1 unspecified atom stereocenters. The fraction of sp³-hybridized carbons (Fsp3) is 0.538. The second kappa shape index (κ2) is 7.45. The molecule has 6 heteroatoms. The summed E-state index contributed by atoms with van der Waals surface area (Å²) in [5.74, 6) is 1.60. The minimum absolute atomic E-state index is 0.0532. The van der Waals surface area contributed by atoms with E-state index in [4.69, 9.17) is 15.7 Å². The third-order valence-corrected chi connectivity index (χ3v) is 2.82. The summed E-state index contributed by atoms with van der Waals surface area (Å²) >= 11 is 0. The van der Waals surface area contributed by atoms with Crippen molar-refractivity contribution in [1.82, 2.24) is 4.98 Å². The van der Waals surface area contributed by atoms with Crippen LogP contribution in [0.15, 0.2) is 23.4 Å². The fourth-order valence-electron chi connectivity index (χ4n) is 1.72. The number of amidine groups is 1. The lowest BCUT2D eigenvalue weighted by molar-refractivity contribution is 0.314. The molecular weight excluding hydrogens is 244 g/mol. The molecule has 1 rings (SSSR count).